The number of morpholine rings is 1. The second kappa shape index (κ2) is 5.55. The summed E-state index contributed by atoms with van der Waals surface area (Å²) in [7, 11) is -2.39. The van der Waals surface area contributed by atoms with Crippen LogP contribution in [0.2, 0.25) is 0 Å². The van der Waals surface area contributed by atoms with Crippen molar-refractivity contribution < 1.29 is 22.4 Å². The van der Waals surface area contributed by atoms with E-state index in [1.165, 1.54) is 19.2 Å². The largest absolute Gasteiger partial charge is 0.438 e. The third kappa shape index (κ3) is 3.02. The smallest absolute Gasteiger partial charge is 0.289 e. The number of rotatable bonds is 3. The van der Waals surface area contributed by atoms with Crippen LogP contribution >= 0.6 is 0 Å². The molecule has 0 radical (unpaired) electrons. The fraction of sp³-hybridized carbons (Fsp3) is 0.583. The molecule has 1 aliphatic rings. The zero-order valence-corrected chi connectivity index (χ0v) is 12.4. The lowest BCUT2D eigenvalue weighted by Gasteiger charge is -2.34. The maximum atomic E-state index is 12.3. The second-order valence-electron chi connectivity index (χ2n) is 4.79. The van der Waals surface area contributed by atoms with E-state index in [-0.39, 0.29) is 29.0 Å². The van der Waals surface area contributed by atoms with Crippen molar-refractivity contribution in [3.05, 3.63) is 17.9 Å². The van der Waals surface area contributed by atoms with Crippen LogP contribution in [0.4, 0.5) is 0 Å². The van der Waals surface area contributed by atoms with Crippen LogP contribution in [0.3, 0.4) is 0 Å². The van der Waals surface area contributed by atoms with Crippen LogP contribution in [0.25, 0.3) is 0 Å². The molecule has 112 valence electrons. The van der Waals surface area contributed by atoms with Gasteiger partial charge in [-0.3, -0.25) is 4.79 Å². The van der Waals surface area contributed by atoms with Gasteiger partial charge in [0.25, 0.3) is 15.9 Å². The Morgan fingerprint density at radius 1 is 1.30 bits per heavy atom. The van der Waals surface area contributed by atoms with Gasteiger partial charge in [0.1, 0.15) is 0 Å². The highest BCUT2D eigenvalue weighted by Gasteiger charge is 2.29. The Morgan fingerprint density at radius 3 is 2.45 bits per heavy atom. The topological polar surface area (TPSA) is 88.9 Å². The number of carbonyl (C=O) groups is 1. The highest BCUT2D eigenvalue weighted by Crippen LogP contribution is 2.18. The summed E-state index contributed by atoms with van der Waals surface area (Å²) in [5.41, 5.74) is 0. The Morgan fingerprint density at radius 2 is 1.90 bits per heavy atom. The summed E-state index contributed by atoms with van der Waals surface area (Å²) in [6.45, 7) is 4.68. The molecule has 1 aromatic heterocycles. The minimum Gasteiger partial charge on any atom is -0.438 e. The third-order valence-electron chi connectivity index (χ3n) is 3.03. The SMILES string of the molecule is CNS(=O)(=O)c1ccc(C(=O)N2C[C@@H](C)O[C@H](C)C2)o1. The molecule has 7 nitrogen and oxygen atoms in total. The summed E-state index contributed by atoms with van der Waals surface area (Å²) in [5.74, 6) is -0.315. The Kier molecular flexibility index (Phi) is 4.17. The summed E-state index contributed by atoms with van der Waals surface area (Å²) in [6.07, 6.45) is -0.114. The molecule has 1 aromatic rings. The van der Waals surface area contributed by atoms with Gasteiger partial charge in [0.2, 0.25) is 5.09 Å². The fourth-order valence-corrected chi connectivity index (χ4v) is 2.83. The molecule has 0 bridgehead atoms. The molecule has 2 atom stereocenters. The summed E-state index contributed by atoms with van der Waals surface area (Å²) in [5, 5.41) is -0.266. The van der Waals surface area contributed by atoms with Crippen molar-refractivity contribution in [1.82, 2.24) is 9.62 Å². The number of ether oxygens (including phenoxy) is 1. The van der Waals surface area contributed by atoms with Crippen molar-refractivity contribution in [2.75, 3.05) is 20.1 Å². The third-order valence-corrected chi connectivity index (χ3v) is 4.32. The lowest BCUT2D eigenvalue weighted by Crippen LogP contribution is -2.48. The molecule has 1 amide bonds. The molecule has 0 aromatic carbocycles. The first-order valence-electron chi connectivity index (χ1n) is 6.31. The van der Waals surface area contributed by atoms with Crippen LogP contribution in [0.15, 0.2) is 21.6 Å². The maximum Gasteiger partial charge on any atom is 0.289 e. The number of carbonyl (C=O) groups excluding carboxylic acids is 1. The van der Waals surface area contributed by atoms with Crippen molar-refractivity contribution in [3.8, 4) is 0 Å². The molecule has 1 aliphatic heterocycles. The van der Waals surface area contributed by atoms with E-state index in [1.807, 2.05) is 13.8 Å². The highest BCUT2D eigenvalue weighted by molar-refractivity contribution is 7.89. The quantitative estimate of drug-likeness (QED) is 0.875. The molecule has 1 fully saturated rings. The predicted molar refractivity (Wildman–Crippen MR) is 70.9 cm³/mol. The first-order valence-corrected chi connectivity index (χ1v) is 7.80. The van der Waals surface area contributed by atoms with E-state index < -0.39 is 10.0 Å². The van der Waals surface area contributed by atoms with E-state index in [0.29, 0.717) is 13.1 Å². The first-order chi connectivity index (χ1) is 9.33. The Bertz CT molecular complexity index is 585. The van der Waals surface area contributed by atoms with Gasteiger partial charge in [-0.25, -0.2) is 13.1 Å². The Hall–Kier alpha value is -1.38. The summed E-state index contributed by atoms with van der Waals surface area (Å²) >= 11 is 0. The van der Waals surface area contributed by atoms with E-state index in [2.05, 4.69) is 4.72 Å². The zero-order chi connectivity index (χ0) is 14.9. The number of hydrogen-bond donors (Lipinski definition) is 1. The van der Waals surface area contributed by atoms with Gasteiger partial charge in [-0.05, 0) is 33.0 Å². The van der Waals surface area contributed by atoms with Gasteiger partial charge in [0.05, 0.1) is 12.2 Å². The predicted octanol–water partition coefficient (Wildman–Crippen LogP) is 0.437. The molecule has 2 rings (SSSR count). The van der Waals surface area contributed by atoms with E-state index in [0.717, 1.165) is 0 Å². The van der Waals surface area contributed by atoms with E-state index >= 15 is 0 Å². The molecule has 0 spiro atoms. The van der Waals surface area contributed by atoms with Gasteiger partial charge < -0.3 is 14.1 Å². The number of amides is 1. The van der Waals surface area contributed by atoms with Crippen molar-refractivity contribution in [2.45, 2.75) is 31.1 Å². The maximum absolute atomic E-state index is 12.3. The van der Waals surface area contributed by atoms with Crippen LogP contribution in [0.1, 0.15) is 24.4 Å². The average molecular weight is 302 g/mol. The van der Waals surface area contributed by atoms with Crippen LogP contribution in [-0.4, -0.2) is 51.6 Å². The van der Waals surface area contributed by atoms with Gasteiger partial charge in [-0.2, -0.15) is 0 Å². The number of sulfonamides is 1. The van der Waals surface area contributed by atoms with Gasteiger partial charge in [-0.15, -0.1) is 0 Å². The van der Waals surface area contributed by atoms with E-state index in [4.69, 9.17) is 9.15 Å². The van der Waals surface area contributed by atoms with Crippen LogP contribution in [0.5, 0.6) is 0 Å². The molecular formula is C12H18N2O5S. The fourth-order valence-electron chi connectivity index (χ4n) is 2.18. The molecular weight excluding hydrogens is 284 g/mol. The molecule has 8 heteroatoms. The number of nitrogens with zero attached hydrogens (tertiary/aromatic N) is 1. The van der Waals surface area contributed by atoms with Crippen molar-refractivity contribution in [3.63, 3.8) is 0 Å². The molecule has 2 heterocycles. The van der Waals surface area contributed by atoms with E-state index in [9.17, 15) is 13.2 Å². The average Bonchev–Trinajstić information content (AvgIpc) is 2.87. The van der Waals surface area contributed by atoms with Crippen molar-refractivity contribution in [1.29, 1.82) is 0 Å². The van der Waals surface area contributed by atoms with Crippen LogP contribution in [-0.2, 0) is 14.8 Å². The standard InChI is InChI=1S/C12H18N2O5S/c1-8-6-14(7-9(2)18-8)12(15)10-4-5-11(19-10)20(16,17)13-3/h4-5,8-9,13H,6-7H2,1-3H3/t8-,9-/m1/s1. The van der Waals surface area contributed by atoms with Crippen molar-refractivity contribution in [2.24, 2.45) is 0 Å². The number of nitrogens with one attached hydrogen (secondary N) is 1. The molecule has 0 saturated carbocycles. The van der Waals surface area contributed by atoms with Gasteiger partial charge >= 0.3 is 0 Å². The first kappa shape index (κ1) is 15.0. The zero-order valence-electron chi connectivity index (χ0n) is 11.6. The van der Waals surface area contributed by atoms with Gasteiger partial charge in [-0.1, -0.05) is 0 Å². The van der Waals surface area contributed by atoms with Gasteiger partial charge in [0, 0.05) is 13.1 Å². The van der Waals surface area contributed by atoms with Crippen LogP contribution in [0, 0.1) is 0 Å². The monoisotopic (exact) mass is 302 g/mol. The molecule has 0 aliphatic carbocycles. The molecule has 20 heavy (non-hydrogen) atoms. The van der Waals surface area contributed by atoms with Crippen LogP contribution < -0.4 is 4.72 Å². The summed E-state index contributed by atoms with van der Waals surface area (Å²) in [4.78, 5) is 13.9. The lowest BCUT2D eigenvalue weighted by atomic mass is 10.2. The molecule has 1 saturated heterocycles. The number of hydrogen-bond acceptors (Lipinski definition) is 5. The molecule has 1 N–H and O–H groups in total. The Balaban J connectivity index is 2.18. The Labute approximate surface area is 117 Å². The minimum absolute atomic E-state index is 0.0140. The van der Waals surface area contributed by atoms with Crippen molar-refractivity contribution >= 4 is 15.9 Å². The highest BCUT2D eigenvalue weighted by atomic mass is 32.2. The van der Waals surface area contributed by atoms with Gasteiger partial charge in [0.15, 0.2) is 5.76 Å². The summed E-state index contributed by atoms with van der Waals surface area (Å²) < 4.78 is 36.0. The normalized spacial score (nSPS) is 23.9. The summed E-state index contributed by atoms with van der Waals surface area (Å²) in [6, 6.07) is 2.64. The lowest BCUT2D eigenvalue weighted by molar-refractivity contribution is -0.0593. The minimum atomic E-state index is -3.68. The molecule has 0 unspecified atom stereocenters. The number of furan rings is 1. The van der Waals surface area contributed by atoms with E-state index in [1.54, 1.807) is 4.90 Å². The second-order valence-corrected chi connectivity index (χ2v) is 6.61.